The Labute approximate surface area is 146 Å². The fourth-order valence-electron chi connectivity index (χ4n) is 3.29. The highest BCUT2D eigenvalue weighted by molar-refractivity contribution is 7.98. The number of fused-ring (bicyclic) bond motifs is 1. The molecule has 0 saturated heterocycles. The second-order valence-corrected chi connectivity index (χ2v) is 7.03. The van der Waals surface area contributed by atoms with Crippen LogP contribution in [0.25, 0.3) is 0 Å². The van der Waals surface area contributed by atoms with E-state index in [0.29, 0.717) is 24.3 Å². The summed E-state index contributed by atoms with van der Waals surface area (Å²) in [5.74, 6) is 0.645. The van der Waals surface area contributed by atoms with Gasteiger partial charge in [0.05, 0.1) is 0 Å². The SMILES string of the molecule is CSCCOC(=O)c1[nH]c2c(c1C)C(=O)C[C@H](c1ccccc1)C2. The molecule has 0 saturated carbocycles. The number of H-pyrrole nitrogens is 1. The zero-order valence-corrected chi connectivity index (χ0v) is 14.7. The van der Waals surface area contributed by atoms with Gasteiger partial charge >= 0.3 is 5.97 Å². The lowest BCUT2D eigenvalue weighted by Crippen LogP contribution is -2.18. The summed E-state index contributed by atoms with van der Waals surface area (Å²) in [6.45, 7) is 2.20. The summed E-state index contributed by atoms with van der Waals surface area (Å²) < 4.78 is 5.27. The van der Waals surface area contributed by atoms with Crippen LogP contribution in [-0.4, -0.2) is 35.4 Å². The average Bonchev–Trinajstić information content (AvgIpc) is 2.93. The van der Waals surface area contributed by atoms with Crippen LogP contribution in [-0.2, 0) is 11.2 Å². The lowest BCUT2D eigenvalue weighted by atomic mass is 9.81. The quantitative estimate of drug-likeness (QED) is 0.663. The molecule has 0 fully saturated rings. The predicted octanol–water partition coefficient (Wildman–Crippen LogP) is 3.76. The Kier molecular flexibility index (Phi) is 5.09. The molecule has 126 valence electrons. The third-order valence-electron chi connectivity index (χ3n) is 4.48. The maximum Gasteiger partial charge on any atom is 0.355 e. The van der Waals surface area contributed by atoms with E-state index in [1.807, 2.05) is 31.4 Å². The molecular weight excluding hydrogens is 322 g/mol. The van der Waals surface area contributed by atoms with Crippen molar-refractivity contribution in [2.45, 2.75) is 25.7 Å². The van der Waals surface area contributed by atoms with Crippen LogP contribution in [0.15, 0.2) is 30.3 Å². The second kappa shape index (κ2) is 7.26. The minimum Gasteiger partial charge on any atom is -0.460 e. The molecule has 1 atom stereocenters. The first-order valence-electron chi connectivity index (χ1n) is 8.07. The highest BCUT2D eigenvalue weighted by atomic mass is 32.2. The van der Waals surface area contributed by atoms with Crippen LogP contribution in [0.3, 0.4) is 0 Å². The molecule has 5 heteroatoms. The number of ketones is 1. The van der Waals surface area contributed by atoms with Gasteiger partial charge in [-0.2, -0.15) is 11.8 Å². The van der Waals surface area contributed by atoms with Crippen molar-refractivity contribution in [2.24, 2.45) is 0 Å². The molecule has 1 aromatic carbocycles. The van der Waals surface area contributed by atoms with Gasteiger partial charge in [0, 0.05) is 23.4 Å². The van der Waals surface area contributed by atoms with Crippen molar-refractivity contribution in [3.63, 3.8) is 0 Å². The molecule has 0 spiro atoms. The Hall–Kier alpha value is -2.01. The topological polar surface area (TPSA) is 59.2 Å². The van der Waals surface area contributed by atoms with E-state index < -0.39 is 0 Å². The van der Waals surface area contributed by atoms with Gasteiger partial charge in [-0.25, -0.2) is 4.79 Å². The standard InChI is InChI=1S/C19H21NO3S/c1-12-17-15(20-18(12)19(22)23-8-9-24-2)10-14(11-16(17)21)13-6-4-3-5-7-13/h3-7,14,20H,8-11H2,1-2H3/t14-/m1/s1. The number of nitrogens with one attached hydrogen (secondary N) is 1. The monoisotopic (exact) mass is 343 g/mol. The van der Waals surface area contributed by atoms with Crippen LogP contribution >= 0.6 is 11.8 Å². The number of hydrogen-bond donors (Lipinski definition) is 1. The number of carbonyl (C=O) groups is 2. The van der Waals surface area contributed by atoms with E-state index >= 15 is 0 Å². The summed E-state index contributed by atoms with van der Waals surface area (Å²) >= 11 is 1.63. The number of benzene rings is 1. The number of aromatic amines is 1. The summed E-state index contributed by atoms with van der Waals surface area (Å²) in [4.78, 5) is 28.0. The Morgan fingerprint density at radius 3 is 2.75 bits per heavy atom. The Bertz CT molecular complexity index is 751. The predicted molar refractivity (Wildman–Crippen MR) is 96.0 cm³/mol. The van der Waals surface area contributed by atoms with Crippen LogP contribution in [0, 0.1) is 6.92 Å². The number of carbonyl (C=O) groups excluding carboxylic acids is 2. The molecule has 0 bridgehead atoms. The summed E-state index contributed by atoms with van der Waals surface area (Å²) in [5, 5.41) is 0. The molecule has 4 nitrogen and oxygen atoms in total. The van der Waals surface area contributed by atoms with Gasteiger partial charge in [0.15, 0.2) is 5.78 Å². The van der Waals surface area contributed by atoms with E-state index in [9.17, 15) is 9.59 Å². The molecule has 1 heterocycles. The summed E-state index contributed by atoms with van der Waals surface area (Å²) in [6, 6.07) is 10.1. The van der Waals surface area contributed by atoms with Gasteiger partial charge in [0.1, 0.15) is 12.3 Å². The lowest BCUT2D eigenvalue weighted by molar-refractivity contribution is 0.0523. The molecule has 0 amide bonds. The van der Waals surface area contributed by atoms with Gasteiger partial charge in [-0.3, -0.25) is 4.79 Å². The largest absolute Gasteiger partial charge is 0.460 e. The molecule has 2 aromatic rings. The lowest BCUT2D eigenvalue weighted by Gasteiger charge is -2.22. The fourth-order valence-corrected chi connectivity index (χ4v) is 3.54. The van der Waals surface area contributed by atoms with Crippen molar-refractivity contribution in [3.8, 4) is 0 Å². The molecule has 24 heavy (non-hydrogen) atoms. The first-order valence-corrected chi connectivity index (χ1v) is 9.46. The van der Waals surface area contributed by atoms with E-state index in [1.54, 1.807) is 11.8 Å². The van der Waals surface area contributed by atoms with Crippen molar-refractivity contribution >= 4 is 23.5 Å². The van der Waals surface area contributed by atoms with Crippen molar-refractivity contribution in [3.05, 3.63) is 58.4 Å². The Morgan fingerprint density at radius 2 is 2.04 bits per heavy atom. The Balaban J connectivity index is 1.84. The van der Waals surface area contributed by atoms with Gasteiger partial charge in [0.25, 0.3) is 0 Å². The third kappa shape index (κ3) is 3.26. The molecule has 0 aliphatic heterocycles. The molecule has 1 aromatic heterocycles. The number of aromatic nitrogens is 1. The summed E-state index contributed by atoms with van der Waals surface area (Å²) in [7, 11) is 0. The minimum atomic E-state index is -0.375. The zero-order valence-electron chi connectivity index (χ0n) is 13.9. The molecule has 1 aliphatic rings. The van der Waals surface area contributed by atoms with Crippen molar-refractivity contribution in [1.82, 2.24) is 4.98 Å². The molecule has 3 rings (SSSR count). The van der Waals surface area contributed by atoms with E-state index in [0.717, 1.165) is 29.0 Å². The minimum absolute atomic E-state index is 0.0991. The van der Waals surface area contributed by atoms with Crippen LogP contribution in [0.2, 0.25) is 0 Å². The zero-order chi connectivity index (χ0) is 17.1. The number of Topliss-reactive ketones (excluding diaryl/α,β-unsaturated/α-hetero) is 1. The van der Waals surface area contributed by atoms with Crippen LogP contribution in [0.1, 0.15) is 50.0 Å². The van der Waals surface area contributed by atoms with Crippen LogP contribution < -0.4 is 0 Å². The van der Waals surface area contributed by atoms with Gasteiger partial charge in [0.2, 0.25) is 0 Å². The van der Waals surface area contributed by atoms with E-state index in [4.69, 9.17) is 4.74 Å². The molecule has 0 unspecified atom stereocenters. The van der Waals surface area contributed by atoms with Crippen LogP contribution in [0.5, 0.6) is 0 Å². The van der Waals surface area contributed by atoms with Gasteiger partial charge in [-0.15, -0.1) is 0 Å². The fraction of sp³-hybridized carbons (Fsp3) is 0.368. The first-order chi connectivity index (χ1) is 11.6. The van der Waals surface area contributed by atoms with E-state index in [1.165, 1.54) is 0 Å². The molecular formula is C19H21NO3S. The van der Waals surface area contributed by atoms with Crippen molar-refractivity contribution < 1.29 is 14.3 Å². The Morgan fingerprint density at radius 1 is 1.29 bits per heavy atom. The summed E-state index contributed by atoms with van der Waals surface area (Å²) in [6.07, 6.45) is 3.19. The first kappa shape index (κ1) is 16.8. The van der Waals surface area contributed by atoms with Crippen molar-refractivity contribution in [1.29, 1.82) is 0 Å². The molecule has 0 radical (unpaired) electrons. The smallest absolute Gasteiger partial charge is 0.355 e. The number of ether oxygens (including phenoxy) is 1. The van der Waals surface area contributed by atoms with E-state index in [2.05, 4.69) is 17.1 Å². The number of thioether (sulfide) groups is 1. The number of hydrogen-bond acceptors (Lipinski definition) is 4. The highest BCUT2D eigenvalue weighted by Gasteiger charge is 2.32. The van der Waals surface area contributed by atoms with E-state index in [-0.39, 0.29) is 17.7 Å². The molecule has 1 N–H and O–H groups in total. The average molecular weight is 343 g/mol. The highest BCUT2D eigenvalue weighted by Crippen LogP contribution is 2.35. The maximum atomic E-state index is 12.6. The second-order valence-electron chi connectivity index (χ2n) is 6.05. The number of rotatable bonds is 5. The normalized spacial score (nSPS) is 16.8. The van der Waals surface area contributed by atoms with Gasteiger partial charge < -0.3 is 9.72 Å². The third-order valence-corrected chi connectivity index (χ3v) is 5.06. The van der Waals surface area contributed by atoms with Crippen molar-refractivity contribution in [2.75, 3.05) is 18.6 Å². The number of esters is 1. The molecule has 1 aliphatic carbocycles. The summed E-state index contributed by atoms with van der Waals surface area (Å²) in [5.41, 5.74) is 3.83. The van der Waals surface area contributed by atoms with Gasteiger partial charge in [-0.1, -0.05) is 30.3 Å². The van der Waals surface area contributed by atoms with Crippen LogP contribution in [0.4, 0.5) is 0 Å². The maximum absolute atomic E-state index is 12.6. The van der Waals surface area contributed by atoms with Gasteiger partial charge in [-0.05, 0) is 36.6 Å².